The van der Waals surface area contributed by atoms with Crippen LogP contribution in [0.2, 0.25) is 0 Å². The molecule has 69 valence electrons. The van der Waals surface area contributed by atoms with Gasteiger partial charge >= 0.3 is 0 Å². The lowest BCUT2D eigenvalue weighted by Gasteiger charge is -2.02. The highest BCUT2D eigenvalue weighted by atomic mass is 32.2. The van der Waals surface area contributed by atoms with E-state index in [1.807, 2.05) is 42.5 Å². The Morgan fingerprint density at radius 3 is 2.43 bits per heavy atom. The number of hydrogen-bond donors (Lipinski definition) is 1. The van der Waals surface area contributed by atoms with Gasteiger partial charge in [0.2, 0.25) is 0 Å². The molecule has 1 nitrogen and oxygen atoms in total. The third-order valence-electron chi connectivity index (χ3n) is 1.78. The largest absolute Gasteiger partial charge is 0.507 e. The first-order valence-corrected chi connectivity index (χ1v) is 5.10. The van der Waals surface area contributed by atoms with Crippen LogP contribution in [-0.4, -0.2) is 5.11 Å². The summed E-state index contributed by atoms with van der Waals surface area (Å²) in [5, 5.41) is 9.54. The molecule has 1 radical (unpaired) electrons. The van der Waals surface area contributed by atoms with E-state index in [1.54, 1.807) is 17.8 Å². The number of rotatable bonds is 2. The van der Waals surface area contributed by atoms with Crippen LogP contribution in [0, 0.1) is 6.07 Å². The van der Waals surface area contributed by atoms with Crippen molar-refractivity contribution >= 4 is 11.8 Å². The zero-order valence-electron chi connectivity index (χ0n) is 7.47. The van der Waals surface area contributed by atoms with Crippen LogP contribution in [0.1, 0.15) is 0 Å². The van der Waals surface area contributed by atoms with Gasteiger partial charge in [0.15, 0.2) is 0 Å². The van der Waals surface area contributed by atoms with Gasteiger partial charge in [0, 0.05) is 4.90 Å². The van der Waals surface area contributed by atoms with Gasteiger partial charge in [-0.25, -0.2) is 0 Å². The van der Waals surface area contributed by atoms with Crippen molar-refractivity contribution < 1.29 is 5.11 Å². The smallest absolute Gasteiger partial charge is 0.129 e. The Hall–Kier alpha value is -1.41. The van der Waals surface area contributed by atoms with Crippen LogP contribution in [0.3, 0.4) is 0 Å². The lowest BCUT2D eigenvalue weighted by molar-refractivity contribution is 0.462. The molecule has 0 saturated carbocycles. The topological polar surface area (TPSA) is 20.2 Å². The van der Waals surface area contributed by atoms with E-state index in [-0.39, 0.29) is 0 Å². The molecule has 2 aromatic carbocycles. The molecule has 0 aromatic heterocycles. The van der Waals surface area contributed by atoms with Gasteiger partial charge in [-0.1, -0.05) is 36.0 Å². The van der Waals surface area contributed by atoms with Crippen LogP contribution in [-0.2, 0) is 0 Å². The van der Waals surface area contributed by atoms with Crippen LogP contribution in [0.5, 0.6) is 5.75 Å². The minimum atomic E-state index is 0.324. The summed E-state index contributed by atoms with van der Waals surface area (Å²) in [5.41, 5.74) is 0. The fourth-order valence-electron chi connectivity index (χ4n) is 1.11. The molecule has 14 heavy (non-hydrogen) atoms. The highest BCUT2D eigenvalue weighted by Crippen LogP contribution is 2.33. The summed E-state index contributed by atoms with van der Waals surface area (Å²) in [7, 11) is 0. The van der Waals surface area contributed by atoms with E-state index < -0.39 is 0 Å². The van der Waals surface area contributed by atoms with Crippen molar-refractivity contribution in [2.24, 2.45) is 0 Å². The van der Waals surface area contributed by atoms with Gasteiger partial charge in [-0.3, -0.25) is 0 Å². The molecule has 2 rings (SSSR count). The molecule has 0 saturated heterocycles. The molecule has 2 heteroatoms. The summed E-state index contributed by atoms with van der Waals surface area (Å²) in [6.07, 6.45) is 0. The summed E-state index contributed by atoms with van der Waals surface area (Å²) in [6, 6.07) is 17.9. The number of phenolic OH excluding ortho intramolecular Hbond substituents is 1. The van der Waals surface area contributed by atoms with Gasteiger partial charge in [-0.05, 0) is 30.3 Å². The third-order valence-corrected chi connectivity index (χ3v) is 2.85. The molecule has 0 bridgehead atoms. The van der Waals surface area contributed by atoms with Crippen molar-refractivity contribution in [2.75, 3.05) is 0 Å². The van der Waals surface area contributed by atoms with E-state index in [0.29, 0.717) is 5.75 Å². The zero-order chi connectivity index (χ0) is 9.80. The maximum absolute atomic E-state index is 9.54. The van der Waals surface area contributed by atoms with Crippen molar-refractivity contribution in [1.82, 2.24) is 0 Å². The van der Waals surface area contributed by atoms with E-state index in [4.69, 9.17) is 0 Å². The van der Waals surface area contributed by atoms with E-state index >= 15 is 0 Å². The van der Waals surface area contributed by atoms with E-state index in [2.05, 4.69) is 6.07 Å². The minimum absolute atomic E-state index is 0.324. The Bertz CT molecular complexity index is 412. The van der Waals surface area contributed by atoms with Crippen LogP contribution < -0.4 is 0 Å². The lowest BCUT2D eigenvalue weighted by atomic mass is 10.3. The fourth-order valence-corrected chi connectivity index (χ4v) is 1.96. The molecule has 0 amide bonds. The lowest BCUT2D eigenvalue weighted by Crippen LogP contribution is -1.73. The number of phenols is 1. The van der Waals surface area contributed by atoms with Gasteiger partial charge in [0.05, 0.1) is 4.90 Å². The van der Waals surface area contributed by atoms with E-state index in [0.717, 1.165) is 9.79 Å². The van der Waals surface area contributed by atoms with E-state index in [9.17, 15) is 5.11 Å². The molecule has 0 heterocycles. The Labute approximate surface area is 87.4 Å². The maximum Gasteiger partial charge on any atom is 0.129 e. The molecule has 0 aliphatic rings. The number of hydrogen-bond acceptors (Lipinski definition) is 2. The van der Waals surface area contributed by atoms with Crippen molar-refractivity contribution in [2.45, 2.75) is 9.79 Å². The van der Waals surface area contributed by atoms with Crippen molar-refractivity contribution in [1.29, 1.82) is 0 Å². The van der Waals surface area contributed by atoms with Gasteiger partial charge < -0.3 is 5.11 Å². The highest BCUT2D eigenvalue weighted by Gasteiger charge is 2.00. The summed E-state index contributed by atoms with van der Waals surface area (Å²) in [6.45, 7) is 0. The summed E-state index contributed by atoms with van der Waals surface area (Å²) in [4.78, 5) is 1.98. The second-order valence-corrected chi connectivity index (χ2v) is 3.92. The molecule has 1 N–H and O–H groups in total. The molecule has 0 aliphatic heterocycles. The first-order valence-electron chi connectivity index (χ1n) is 4.28. The molecular formula is C12H9OS. The monoisotopic (exact) mass is 201 g/mol. The molecule has 2 aromatic rings. The molecule has 0 unspecified atom stereocenters. The quantitative estimate of drug-likeness (QED) is 0.804. The second kappa shape index (κ2) is 4.20. The molecule has 0 fully saturated rings. The van der Waals surface area contributed by atoms with Gasteiger partial charge in [-0.2, -0.15) is 0 Å². The average molecular weight is 201 g/mol. The van der Waals surface area contributed by atoms with Crippen molar-refractivity contribution in [3.8, 4) is 5.75 Å². The second-order valence-electron chi connectivity index (χ2n) is 2.81. The number of para-hydroxylation sites is 1. The van der Waals surface area contributed by atoms with Gasteiger partial charge in [0.1, 0.15) is 5.75 Å². The summed E-state index contributed by atoms with van der Waals surface area (Å²) in [5.74, 6) is 0.324. The highest BCUT2D eigenvalue weighted by molar-refractivity contribution is 7.99. The molecule has 0 atom stereocenters. The summed E-state index contributed by atoms with van der Waals surface area (Å²) < 4.78 is 0. The van der Waals surface area contributed by atoms with Crippen LogP contribution in [0.4, 0.5) is 0 Å². The molecule has 0 aliphatic carbocycles. The number of benzene rings is 2. The van der Waals surface area contributed by atoms with Gasteiger partial charge in [-0.15, -0.1) is 0 Å². The van der Waals surface area contributed by atoms with Crippen LogP contribution in [0.25, 0.3) is 0 Å². The Balaban J connectivity index is 2.24. The Morgan fingerprint density at radius 2 is 1.71 bits per heavy atom. The molecular weight excluding hydrogens is 192 g/mol. The van der Waals surface area contributed by atoms with Crippen molar-refractivity contribution in [3.63, 3.8) is 0 Å². The standard InChI is InChI=1S/C12H9OS/c13-11-8-4-5-9-12(11)14-10-6-2-1-3-7-10/h2-9,13H. The number of aromatic hydroxyl groups is 1. The first-order chi connectivity index (χ1) is 6.86. The Kier molecular flexibility index (Phi) is 2.75. The maximum atomic E-state index is 9.54. The van der Waals surface area contributed by atoms with E-state index in [1.165, 1.54) is 0 Å². The van der Waals surface area contributed by atoms with Crippen LogP contribution in [0.15, 0.2) is 58.3 Å². The first kappa shape index (κ1) is 9.16. The predicted molar refractivity (Wildman–Crippen MR) is 57.5 cm³/mol. The zero-order valence-corrected chi connectivity index (χ0v) is 8.29. The van der Waals surface area contributed by atoms with Gasteiger partial charge in [0.25, 0.3) is 0 Å². The fraction of sp³-hybridized carbons (Fsp3) is 0. The Morgan fingerprint density at radius 1 is 1.00 bits per heavy atom. The van der Waals surface area contributed by atoms with Crippen LogP contribution >= 0.6 is 11.8 Å². The normalized spacial score (nSPS) is 10.0. The predicted octanol–water partition coefficient (Wildman–Crippen LogP) is 3.34. The summed E-state index contributed by atoms with van der Waals surface area (Å²) >= 11 is 1.54. The minimum Gasteiger partial charge on any atom is -0.507 e. The molecule has 0 spiro atoms. The van der Waals surface area contributed by atoms with Crippen molar-refractivity contribution in [3.05, 3.63) is 54.6 Å². The average Bonchev–Trinajstić information content (AvgIpc) is 2.23. The SMILES string of the molecule is Oc1ccccc1Sc1cc[c]cc1. The third kappa shape index (κ3) is 2.09.